The van der Waals surface area contributed by atoms with Gasteiger partial charge in [-0.15, -0.1) is 0 Å². The largest absolute Gasteiger partial charge is 0.389 e. The van der Waals surface area contributed by atoms with Crippen LogP contribution in [0.4, 0.5) is 0 Å². The van der Waals surface area contributed by atoms with Crippen molar-refractivity contribution in [3.05, 3.63) is 35.9 Å². The average molecular weight is 271 g/mol. The van der Waals surface area contributed by atoms with Crippen LogP contribution in [0.3, 0.4) is 0 Å². The summed E-state index contributed by atoms with van der Waals surface area (Å²) in [6, 6.07) is 10.4. The molecule has 0 aromatic heterocycles. The number of oxime groups is 1. The SMILES string of the molecule is CC1(C)CC(C)(C)CC2(CC(c3ccccc3)=NO2)C1. The molecule has 1 saturated carbocycles. The molecule has 1 aliphatic heterocycles. The van der Waals surface area contributed by atoms with E-state index in [-0.39, 0.29) is 5.60 Å². The zero-order chi connectivity index (χ0) is 14.4. The van der Waals surface area contributed by atoms with Gasteiger partial charge in [-0.1, -0.05) is 63.2 Å². The van der Waals surface area contributed by atoms with E-state index in [1.165, 1.54) is 12.0 Å². The Bertz CT molecular complexity index is 512. The monoisotopic (exact) mass is 271 g/mol. The minimum atomic E-state index is -0.0869. The molecule has 1 aromatic rings. The lowest BCUT2D eigenvalue weighted by atomic mass is 9.58. The summed E-state index contributed by atoms with van der Waals surface area (Å²) in [5.41, 5.74) is 2.87. The van der Waals surface area contributed by atoms with Crippen molar-refractivity contribution in [1.82, 2.24) is 0 Å². The number of nitrogens with zero attached hydrogens (tertiary/aromatic N) is 1. The summed E-state index contributed by atoms with van der Waals surface area (Å²) in [6.07, 6.45) is 4.40. The first-order valence-electron chi connectivity index (χ1n) is 7.60. The van der Waals surface area contributed by atoms with Crippen molar-refractivity contribution in [1.29, 1.82) is 0 Å². The van der Waals surface area contributed by atoms with Crippen LogP contribution >= 0.6 is 0 Å². The summed E-state index contributed by atoms with van der Waals surface area (Å²) in [5, 5.41) is 4.43. The molecule has 0 atom stereocenters. The molecule has 0 bridgehead atoms. The topological polar surface area (TPSA) is 21.6 Å². The maximum Gasteiger partial charge on any atom is 0.144 e. The van der Waals surface area contributed by atoms with Crippen molar-refractivity contribution in [2.24, 2.45) is 16.0 Å². The highest BCUT2D eigenvalue weighted by molar-refractivity contribution is 6.01. The van der Waals surface area contributed by atoms with Crippen LogP contribution in [-0.2, 0) is 4.84 Å². The molecular formula is C18H25NO. The van der Waals surface area contributed by atoms with Gasteiger partial charge in [-0.25, -0.2) is 0 Å². The molecule has 2 heteroatoms. The molecule has 1 spiro atoms. The van der Waals surface area contributed by atoms with Gasteiger partial charge in [0.15, 0.2) is 0 Å². The summed E-state index contributed by atoms with van der Waals surface area (Å²) < 4.78 is 0. The van der Waals surface area contributed by atoms with Gasteiger partial charge < -0.3 is 4.84 Å². The maximum absolute atomic E-state index is 6.01. The fourth-order valence-electron chi connectivity index (χ4n) is 4.72. The van der Waals surface area contributed by atoms with Crippen LogP contribution in [0.2, 0.25) is 0 Å². The van der Waals surface area contributed by atoms with E-state index in [9.17, 15) is 0 Å². The van der Waals surface area contributed by atoms with Crippen molar-refractivity contribution in [3.8, 4) is 0 Å². The zero-order valence-corrected chi connectivity index (χ0v) is 13.1. The fraction of sp³-hybridized carbons (Fsp3) is 0.611. The Labute approximate surface area is 122 Å². The molecule has 108 valence electrons. The van der Waals surface area contributed by atoms with Gasteiger partial charge >= 0.3 is 0 Å². The first kappa shape index (κ1) is 13.7. The van der Waals surface area contributed by atoms with Gasteiger partial charge in [-0.3, -0.25) is 0 Å². The van der Waals surface area contributed by atoms with Crippen LogP contribution < -0.4 is 0 Å². The lowest BCUT2D eigenvalue weighted by molar-refractivity contribution is -0.113. The van der Waals surface area contributed by atoms with Crippen molar-refractivity contribution in [3.63, 3.8) is 0 Å². The van der Waals surface area contributed by atoms with Crippen LogP contribution in [0.15, 0.2) is 35.5 Å². The third kappa shape index (κ3) is 2.61. The Kier molecular flexibility index (Phi) is 2.97. The predicted molar refractivity (Wildman–Crippen MR) is 82.8 cm³/mol. The van der Waals surface area contributed by atoms with Crippen molar-refractivity contribution >= 4 is 5.71 Å². The van der Waals surface area contributed by atoms with E-state index in [2.05, 4.69) is 57.1 Å². The van der Waals surface area contributed by atoms with Crippen LogP contribution in [-0.4, -0.2) is 11.3 Å². The minimum absolute atomic E-state index is 0.0869. The van der Waals surface area contributed by atoms with E-state index >= 15 is 0 Å². The maximum atomic E-state index is 6.01. The molecule has 0 N–H and O–H groups in total. The zero-order valence-electron chi connectivity index (χ0n) is 13.1. The smallest absolute Gasteiger partial charge is 0.144 e. The Hall–Kier alpha value is -1.31. The number of benzene rings is 1. The van der Waals surface area contributed by atoms with E-state index in [1.54, 1.807) is 0 Å². The Morgan fingerprint density at radius 2 is 1.50 bits per heavy atom. The highest BCUT2D eigenvalue weighted by Gasteiger charge is 2.52. The van der Waals surface area contributed by atoms with Gasteiger partial charge in [0.05, 0.1) is 5.71 Å². The molecule has 2 aliphatic rings. The van der Waals surface area contributed by atoms with E-state index in [4.69, 9.17) is 4.84 Å². The highest BCUT2D eigenvalue weighted by Crippen LogP contribution is 2.54. The summed E-state index contributed by atoms with van der Waals surface area (Å²) in [5.74, 6) is 0. The molecule has 3 rings (SSSR count). The number of rotatable bonds is 1. The van der Waals surface area contributed by atoms with Crippen LogP contribution in [0.1, 0.15) is 58.9 Å². The second-order valence-corrected chi connectivity index (χ2v) is 8.21. The standard InChI is InChI=1S/C18H25NO/c1-16(2)11-17(3,4)13-18(12-16)10-15(19-20-18)14-8-6-5-7-9-14/h5-9H,10-13H2,1-4H3. The highest BCUT2D eigenvalue weighted by atomic mass is 16.7. The molecule has 2 nitrogen and oxygen atoms in total. The molecule has 0 radical (unpaired) electrons. The van der Waals surface area contributed by atoms with Gasteiger partial charge in [-0.05, 0) is 35.7 Å². The molecular weight excluding hydrogens is 246 g/mol. The van der Waals surface area contributed by atoms with Crippen LogP contribution in [0, 0.1) is 10.8 Å². The van der Waals surface area contributed by atoms with Gasteiger partial charge in [0, 0.05) is 6.42 Å². The van der Waals surface area contributed by atoms with Gasteiger partial charge in [0.2, 0.25) is 0 Å². The Morgan fingerprint density at radius 1 is 0.900 bits per heavy atom. The van der Waals surface area contributed by atoms with Gasteiger partial charge in [0.1, 0.15) is 5.60 Å². The Morgan fingerprint density at radius 3 is 2.10 bits per heavy atom. The normalized spacial score (nSPS) is 26.1. The quantitative estimate of drug-likeness (QED) is 0.720. The second-order valence-electron chi connectivity index (χ2n) is 8.21. The lowest BCUT2D eigenvalue weighted by Gasteiger charge is -2.48. The average Bonchev–Trinajstić information content (AvgIpc) is 2.69. The molecule has 1 fully saturated rings. The van der Waals surface area contributed by atoms with E-state index in [1.807, 2.05) is 6.07 Å². The third-order valence-corrected chi connectivity index (χ3v) is 4.50. The second kappa shape index (κ2) is 4.34. The van der Waals surface area contributed by atoms with E-state index in [0.717, 1.165) is 25.0 Å². The molecule has 1 aromatic carbocycles. The van der Waals surface area contributed by atoms with Gasteiger partial charge in [0.25, 0.3) is 0 Å². The molecule has 0 amide bonds. The first-order valence-corrected chi connectivity index (χ1v) is 7.60. The molecule has 1 heterocycles. The predicted octanol–water partition coefficient (Wildman–Crippen LogP) is 4.79. The van der Waals surface area contributed by atoms with Crippen LogP contribution in [0.25, 0.3) is 0 Å². The fourth-order valence-corrected chi connectivity index (χ4v) is 4.72. The summed E-state index contributed by atoms with van der Waals surface area (Å²) in [7, 11) is 0. The van der Waals surface area contributed by atoms with Crippen molar-refractivity contribution in [2.75, 3.05) is 0 Å². The van der Waals surface area contributed by atoms with Crippen LogP contribution in [0.5, 0.6) is 0 Å². The summed E-state index contributed by atoms with van der Waals surface area (Å²) >= 11 is 0. The number of hydrogen-bond donors (Lipinski definition) is 0. The molecule has 1 aliphatic carbocycles. The van der Waals surface area contributed by atoms with E-state index < -0.39 is 0 Å². The summed E-state index contributed by atoms with van der Waals surface area (Å²) in [4.78, 5) is 6.01. The number of hydrogen-bond acceptors (Lipinski definition) is 2. The van der Waals surface area contributed by atoms with Gasteiger partial charge in [-0.2, -0.15) is 0 Å². The van der Waals surface area contributed by atoms with Crippen molar-refractivity contribution in [2.45, 2.75) is 59.0 Å². The summed E-state index contributed by atoms with van der Waals surface area (Å²) in [6.45, 7) is 9.44. The first-order chi connectivity index (χ1) is 9.29. The molecule has 0 unspecified atom stereocenters. The van der Waals surface area contributed by atoms with E-state index in [0.29, 0.717) is 10.8 Å². The van der Waals surface area contributed by atoms with Crippen molar-refractivity contribution < 1.29 is 4.84 Å². The minimum Gasteiger partial charge on any atom is -0.389 e. The molecule has 20 heavy (non-hydrogen) atoms. The molecule has 0 saturated heterocycles. The lowest BCUT2D eigenvalue weighted by Crippen LogP contribution is -2.46. The third-order valence-electron chi connectivity index (χ3n) is 4.50. The Balaban J connectivity index is 1.83.